The number of hydrogen-bond donors (Lipinski definition) is 2. The number of aliphatic hydroxyl groups is 1. The van der Waals surface area contributed by atoms with Crippen LogP contribution in [0.15, 0.2) is 23.1 Å². The highest BCUT2D eigenvalue weighted by molar-refractivity contribution is 7.89. The summed E-state index contributed by atoms with van der Waals surface area (Å²) in [5.41, 5.74) is 5.90. The summed E-state index contributed by atoms with van der Waals surface area (Å²) in [6.07, 6.45) is 1.36. The van der Waals surface area contributed by atoms with Gasteiger partial charge in [0.15, 0.2) is 0 Å². The molecule has 1 aromatic carbocycles. The number of benzene rings is 1. The molecule has 1 aliphatic rings. The zero-order valence-electron chi connectivity index (χ0n) is 10.4. The van der Waals surface area contributed by atoms with Gasteiger partial charge in [0, 0.05) is 19.7 Å². The minimum absolute atomic E-state index is 0.113. The fourth-order valence-electron chi connectivity index (χ4n) is 2.16. The largest absolute Gasteiger partial charge is 0.397 e. The third-order valence-electron chi connectivity index (χ3n) is 3.44. The average molecular weight is 305 g/mol. The minimum Gasteiger partial charge on any atom is -0.397 e. The van der Waals surface area contributed by atoms with Crippen molar-refractivity contribution in [1.29, 1.82) is 0 Å². The van der Waals surface area contributed by atoms with E-state index in [9.17, 15) is 8.42 Å². The van der Waals surface area contributed by atoms with E-state index in [2.05, 4.69) is 0 Å². The third-order valence-corrected chi connectivity index (χ3v) is 5.68. The van der Waals surface area contributed by atoms with Crippen molar-refractivity contribution in [3.63, 3.8) is 0 Å². The predicted octanol–water partition coefficient (Wildman–Crippen LogP) is 1.32. The Bertz CT molecular complexity index is 554. The van der Waals surface area contributed by atoms with Crippen LogP contribution < -0.4 is 5.73 Å². The van der Waals surface area contributed by atoms with E-state index in [1.54, 1.807) is 0 Å². The van der Waals surface area contributed by atoms with Crippen LogP contribution in [-0.2, 0) is 10.0 Å². The minimum atomic E-state index is -3.52. The molecule has 106 valence electrons. The summed E-state index contributed by atoms with van der Waals surface area (Å²) in [6, 6.07) is 4.34. The van der Waals surface area contributed by atoms with Crippen LogP contribution in [0.5, 0.6) is 0 Å². The molecule has 0 spiro atoms. The van der Waals surface area contributed by atoms with Gasteiger partial charge in [0.1, 0.15) is 0 Å². The average Bonchev–Trinajstić information content (AvgIpc) is 2.41. The molecule has 0 unspecified atom stereocenters. The summed E-state index contributed by atoms with van der Waals surface area (Å²) < 4.78 is 26.3. The molecule has 1 fully saturated rings. The van der Waals surface area contributed by atoms with Crippen LogP contribution in [0.25, 0.3) is 0 Å². The van der Waals surface area contributed by atoms with Crippen molar-refractivity contribution >= 4 is 27.3 Å². The Morgan fingerprint density at radius 1 is 1.37 bits per heavy atom. The van der Waals surface area contributed by atoms with Crippen LogP contribution in [0.2, 0.25) is 5.02 Å². The fraction of sp³-hybridized carbons (Fsp3) is 0.500. The van der Waals surface area contributed by atoms with E-state index >= 15 is 0 Å². The molecule has 5 nitrogen and oxygen atoms in total. The maximum atomic E-state index is 12.4. The van der Waals surface area contributed by atoms with Gasteiger partial charge < -0.3 is 10.8 Å². The highest BCUT2D eigenvalue weighted by Gasteiger charge is 2.29. The molecule has 0 bridgehead atoms. The van der Waals surface area contributed by atoms with Gasteiger partial charge in [-0.05, 0) is 37.0 Å². The Balaban J connectivity index is 2.21. The van der Waals surface area contributed by atoms with E-state index in [0.29, 0.717) is 31.0 Å². The Morgan fingerprint density at radius 2 is 2.00 bits per heavy atom. The fourth-order valence-corrected chi connectivity index (χ4v) is 3.79. The number of sulfonamides is 1. The first-order valence-electron chi connectivity index (χ1n) is 6.11. The molecule has 1 saturated heterocycles. The maximum absolute atomic E-state index is 12.4. The lowest BCUT2D eigenvalue weighted by Crippen LogP contribution is -2.39. The predicted molar refractivity (Wildman–Crippen MR) is 74.4 cm³/mol. The SMILES string of the molecule is Nc1cc(S(=O)(=O)N2CCC(CO)CC2)ccc1Cl. The van der Waals surface area contributed by atoms with Crippen molar-refractivity contribution < 1.29 is 13.5 Å². The van der Waals surface area contributed by atoms with Crippen LogP contribution in [0, 0.1) is 5.92 Å². The molecule has 7 heteroatoms. The summed E-state index contributed by atoms with van der Waals surface area (Å²) in [6.45, 7) is 0.966. The molecule has 1 aliphatic heterocycles. The number of anilines is 1. The quantitative estimate of drug-likeness (QED) is 0.825. The number of hydrogen-bond acceptors (Lipinski definition) is 4. The number of piperidine rings is 1. The number of rotatable bonds is 3. The first-order chi connectivity index (χ1) is 8.95. The molecular weight excluding hydrogens is 288 g/mol. The molecule has 0 amide bonds. The molecule has 3 N–H and O–H groups in total. The van der Waals surface area contributed by atoms with Gasteiger partial charge >= 0.3 is 0 Å². The van der Waals surface area contributed by atoms with E-state index in [4.69, 9.17) is 22.4 Å². The van der Waals surface area contributed by atoms with Gasteiger partial charge in [-0.1, -0.05) is 11.6 Å². The van der Waals surface area contributed by atoms with Gasteiger partial charge in [-0.3, -0.25) is 0 Å². The molecule has 0 radical (unpaired) electrons. The number of nitrogens with two attached hydrogens (primary N) is 1. The van der Waals surface area contributed by atoms with Gasteiger partial charge in [-0.25, -0.2) is 8.42 Å². The Morgan fingerprint density at radius 3 is 2.53 bits per heavy atom. The zero-order chi connectivity index (χ0) is 14.0. The number of nitrogen functional groups attached to an aromatic ring is 1. The van der Waals surface area contributed by atoms with Crippen LogP contribution in [-0.4, -0.2) is 37.5 Å². The number of halogens is 1. The maximum Gasteiger partial charge on any atom is 0.243 e. The van der Waals surface area contributed by atoms with Gasteiger partial charge in [-0.15, -0.1) is 0 Å². The highest BCUT2D eigenvalue weighted by atomic mass is 35.5. The molecule has 1 heterocycles. The van der Waals surface area contributed by atoms with Crippen LogP contribution in [0.3, 0.4) is 0 Å². The molecule has 1 aromatic rings. The smallest absolute Gasteiger partial charge is 0.243 e. The van der Waals surface area contributed by atoms with E-state index in [-0.39, 0.29) is 23.1 Å². The topological polar surface area (TPSA) is 83.6 Å². The molecule has 0 aromatic heterocycles. The van der Waals surface area contributed by atoms with Crippen LogP contribution in [0.4, 0.5) is 5.69 Å². The summed E-state index contributed by atoms with van der Waals surface area (Å²) in [5, 5.41) is 9.41. The molecule has 0 aliphatic carbocycles. The van der Waals surface area contributed by atoms with E-state index < -0.39 is 10.0 Å². The summed E-state index contributed by atoms with van der Waals surface area (Å²) in [7, 11) is -3.52. The Hall–Kier alpha value is -0.820. The second kappa shape index (κ2) is 5.66. The number of aliphatic hydroxyl groups excluding tert-OH is 1. The van der Waals surface area contributed by atoms with Crippen molar-refractivity contribution in [2.24, 2.45) is 5.92 Å². The third kappa shape index (κ3) is 3.02. The normalized spacial score (nSPS) is 18.6. The van der Waals surface area contributed by atoms with Gasteiger partial charge in [-0.2, -0.15) is 4.31 Å². The lowest BCUT2D eigenvalue weighted by molar-refractivity contribution is 0.170. The highest BCUT2D eigenvalue weighted by Crippen LogP contribution is 2.27. The standard InChI is InChI=1S/C12H17ClN2O3S/c13-11-2-1-10(7-12(11)14)19(17,18)15-5-3-9(8-16)4-6-15/h1-2,7,9,16H,3-6,8,14H2. The van der Waals surface area contributed by atoms with Gasteiger partial charge in [0.2, 0.25) is 10.0 Å². The van der Waals surface area contributed by atoms with Crippen molar-refractivity contribution in [2.75, 3.05) is 25.4 Å². The van der Waals surface area contributed by atoms with Crippen molar-refractivity contribution in [1.82, 2.24) is 4.31 Å². The van der Waals surface area contributed by atoms with E-state index in [0.717, 1.165) is 0 Å². The van der Waals surface area contributed by atoms with Crippen LogP contribution in [0.1, 0.15) is 12.8 Å². The number of nitrogens with zero attached hydrogens (tertiary/aromatic N) is 1. The molecule has 0 atom stereocenters. The summed E-state index contributed by atoms with van der Waals surface area (Å²) in [4.78, 5) is 0.164. The molecular formula is C12H17ClN2O3S. The van der Waals surface area contributed by atoms with E-state index in [1.165, 1.54) is 22.5 Å². The lowest BCUT2D eigenvalue weighted by atomic mass is 10.00. The summed E-state index contributed by atoms with van der Waals surface area (Å²) in [5.74, 6) is 0.196. The van der Waals surface area contributed by atoms with Gasteiger partial charge in [0.05, 0.1) is 15.6 Å². The Labute approximate surface area is 118 Å². The zero-order valence-corrected chi connectivity index (χ0v) is 12.0. The van der Waals surface area contributed by atoms with E-state index in [1.807, 2.05) is 0 Å². The molecule has 0 saturated carbocycles. The first-order valence-corrected chi connectivity index (χ1v) is 7.93. The first kappa shape index (κ1) is 14.6. The molecule has 2 rings (SSSR count). The molecule has 19 heavy (non-hydrogen) atoms. The van der Waals surface area contributed by atoms with Crippen molar-refractivity contribution in [2.45, 2.75) is 17.7 Å². The van der Waals surface area contributed by atoms with Gasteiger partial charge in [0.25, 0.3) is 0 Å². The Kier molecular flexibility index (Phi) is 4.35. The van der Waals surface area contributed by atoms with Crippen molar-refractivity contribution in [3.05, 3.63) is 23.2 Å². The lowest BCUT2D eigenvalue weighted by Gasteiger charge is -2.30. The summed E-state index contributed by atoms with van der Waals surface area (Å²) >= 11 is 5.79. The monoisotopic (exact) mass is 304 g/mol. The van der Waals surface area contributed by atoms with Crippen LogP contribution >= 0.6 is 11.6 Å². The second-order valence-electron chi connectivity index (χ2n) is 4.71. The second-order valence-corrected chi connectivity index (χ2v) is 7.06. The van der Waals surface area contributed by atoms with Crippen molar-refractivity contribution in [3.8, 4) is 0 Å².